The number of anilines is 2. The minimum atomic E-state index is -0.253. The first kappa shape index (κ1) is 14.5. The van der Waals surface area contributed by atoms with E-state index in [0.29, 0.717) is 41.0 Å². The molecule has 5 nitrogen and oxygen atoms in total. The molecule has 0 bridgehead atoms. The third-order valence-electron chi connectivity index (χ3n) is 3.38. The van der Waals surface area contributed by atoms with Crippen molar-refractivity contribution >= 4 is 29.0 Å². The second kappa shape index (κ2) is 6.15. The maximum atomic E-state index is 12.6. The van der Waals surface area contributed by atoms with E-state index in [9.17, 15) is 4.79 Å². The zero-order valence-corrected chi connectivity index (χ0v) is 12.8. The van der Waals surface area contributed by atoms with Gasteiger partial charge in [-0.05, 0) is 30.3 Å². The minimum Gasteiger partial charge on any atom is -0.495 e. The maximum Gasteiger partial charge on any atom is 0.326 e. The average Bonchev–Trinajstić information content (AvgIpc) is 2.54. The zero-order chi connectivity index (χ0) is 15.5. The van der Waals surface area contributed by atoms with Gasteiger partial charge in [-0.25, -0.2) is 4.79 Å². The van der Waals surface area contributed by atoms with E-state index in [0.717, 1.165) is 0 Å². The molecule has 3 rings (SSSR count). The lowest BCUT2D eigenvalue weighted by atomic mass is 10.2. The molecule has 0 aliphatic carbocycles. The molecule has 1 heterocycles. The van der Waals surface area contributed by atoms with Crippen LogP contribution >= 0.6 is 11.6 Å². The summed E-state index contributed by atoms with van der Waals surface area (Å²) in [6.07, 6.45) is 0. The lowest BCUT2D eigenvalue weighted by molar-refractivity contribution is 0.250. The lowest BCUT2D eigenvalue weighted by Gasteiger charge is -2.29. The van der Waals surface area contributed by atoms with E-state index < -0.39 is 0 Å². The standard InChI is InChI=1S/C16H15ClN2O3/c1-21-14-5-3-2-4-12(14)18-16(20)19-8-9-22-15-7-6-11(17)10-13(15)19/h2-7,10H,8-9H2,1H3,(H,18,20). The Kier molecular flexibility index (Phi) is 4.06. The number of rotatable bonds is 2. The molecule has 0 unspecified atom stereocenters. The molecule has 0 saturated carbocycles. The SMILES string of the molecule is COc1ccccc1NC(=O)N1CCOc2ccc(Cl)cc21. The number of amides is 2. The summed E-state index contributed by atoms with van der Waals surface area (Å²) in [5.74, 6) is 1.25. The van der Waals surface area contributed by atoms with Crippen LogP contribution in [0.2, 0.25) is 5.02 Å². The summed E-state index contributed by atoms with van der Waals surface area (Å²) in [6.45, 7) is 0.891. The van der Waals surface area contributed by atoms with Gasteiger partial charge in [-0.15, -0.1) is 0 Å². The van der Waals surface area contributed by atoms with Gasteiger partial charge < -0.3 is 14.8 Å². The van der Waals surface area contributed by atoms with Crippen LogP contribution in [-0.2, 0) is 0 Å². The first-order valence-corrected chi connectivity index (χ1v) is 7.21. The van der Waals surface area contributed by atoms with E-state index >= 15 is 0 Å². The van der Waals surface area contributed by atoms with Crippen molar-refractivity contribution in [1.82, 2.24) is 0 Å². The Morgan fingerprint density at radius 2 is 2.14 bits per heavy atom. The number of hydrogen-bond acceptors (Lipinski definition) is 3. The van der Waals surface area contributed by atoms with Crippen molar-refractivity contribution in [2.75, 3.05) is 30.5 Å². The number of carbonyl (C=O) groups excluding carboxylic acids is 1. The summed E-state index contributed by atoms with van der Waals surface area (Å²) in [6, 6.07) is 12.2. The monoisotopic (exact) mass is 318 g/mol. The molecule has 0 aromatic heterocycles. The highest BCUT2D eigenvalue weighted by Gasteiger charge is 2.24. The first-order chi connectivity index (χ1) is 10.7. The van der Waals surface area contributed by atoms with Gasteiger partial charge in [0.1, 0.15) is 18.1 Å². The van der Waals surface area contributed by atoms with Crippen molar-refractivity contribution in [3.05, 3.63) is 47.5 Å². The predicted molar refractivity (Wildman–Crippen MR) is 86.3 cm³/mol. The van der Waals surface area contributed by atoms with Gasteiger partial charge in [-0.2, -0.15) is 0 Å². The molecule has 0 atom stereocenters. The van der Waals surface area contributed by atoms with Crippen LogP contribution in [0.1, 0.15) is 0 Å². The van der Waals surface area contributed by atoms with Crippen molar-refractivity contribution in [3.63, 3.8) is 0 Å². The number of halogens is 1. The average molecular weight is 319 g/mol. The zero-order valence-electron chi connectivity index (χ0n) is 12.0. The van der Waals surface area contributed by atoms with Gasteiger partial charge in [-0.1, -0.05) is 23.7 Å². The van der Waals surface area contributed by atoms with Crippen molar-refractivity contribution in [3.8, 4) is 11.5 Å². The Balaban J connectivity index is 1.86. The number of ether oxygens (including phenoxy) is 2. The van der Waals surface area contributed by atoms with Gasteiger partial charge in [0.2, 0.25) is 0 Å². The van der Waals surface area contributed by atoms with Gasteiger partial charge in [0.25, 0.3) is 0 Å². The highest BCUT2D eigenvalue weighted by Crippen LogP contribution is 2.34. The van der Waals surface area contributed by atoms with E-state index in [1.165, 1.54) is 0 Å². The molecule has 0 fully saturated rings. The van der Waals surface area contributed by atoms with Crippen molar-refractivity contribution in [2.24, 2.45) is 0 Å². The number of nitrogens with zero attached hydrogens (tertiary/aromatic N) is 1. The lowest BCUT2D eigenvalue weighted by Crippen LogP contribution is -2.40. The quantitative estimate of drug-likeness (QED) is 0.916. The molecule has 2 aromatic rings. The highest BCUT2D eigenvalue weighted by molar-refractivity contribution is 6.31. The summed E-state index contributed by atoms with van der Waals surface area (Å²) < 4.78 is 10.8. The maximum absolute atomic E-state index is 12.6. The third-order valence-corrected chi connectivity index (χ3v) is 3.61. The normalized spacial score (nSPS) is 13.1. The molecule has 6 heteroatoms. The number of hydrogen-bond donors (Lipinski definition) is 1. The van der Waals surface area contributed by atoms with Crippen molar-refractivity contribution < 1.29 is 14.3 Å². The van der Waals surface area contributed by atoms with E-state index in [-0.39, 0.29) is 6.03 Å². The smallest absolute Gasteiger partial charge is 0.326 e. The van der Waals surface area contributed by atoms with Crippen molar-refractivity contribution in [2.45, 2.75) is 0 Å². The second-order valence-corrected chi connectivity index (χ2v) is 5.18. The number of carbonyl (C=O) groups is 1. The molecule has 22 heavy (non-hydrogen) atoms. The summed E-state index contributed by atoms with van der Waals surface area (Å²) in [4.78, 5) is 14.2. The van der Waals surface area contributed by atoms with Crippen LogP contribution in [0.5, 0.6) is 11.5 Å². The molecule has 2 aromatic carbocycles. The van der Waals surface area contributed by atoms with Gasteiger partial charge >= 0.3 is 6.03 Å². The Labute approximate surface area is 133 Å². The van der Waals surface area contributed by atoms with Crippen LogP contribution < -0.4 is 19.7 Å². The van der Waals surface area contributed by atoms with Gasteiger partial charge in [-0.3, -0.25) is 4.90 Å². The van der Waals surface area contributed by atoms with Crippen LogP contribution in [0.4, 0.5) is 16.2 Å². The van der Waals surface area contributed by atoms with E-state index in [1.54, 1.807) is 42.3 Å². The van der Waals surface area contributed by atoms with Gasteiger partial charge in [0, 0.05) is 5.02 Å². The Morgan fingerprint density at radius 1 is 1.32 bits per heavy atom. The number of benzene rings is 2. The number of urea groups is 1. The number of fused-ring (bicyclic) bond motifs is 1. The summed E-state index contributed by atoms with van der Waals surface area (Å²) in [5, 5.41) is 3.41. The number of nitrogens with one attached hydrogen (secondary N) is 1. The molecule has 0 saturated heterocycles. The first-order valence-electron chi connectivity index (χ1n) is 6.83. The van der Waals surface area contributed by atoms with Gasteiger partial charge in [0.15, 0.2) is 0 Å². The Hall–Kier alpha value is -2.40. The van der Waals surface area contributed by atoms with E-state index in [2.05, 4.69) is 5.32 Å². The van der Waals surface area contributed by atoms with E-state index in [1.807, 2.05) is 12.1 Å². The fourth-order valence-corrected chi connectivity index (χ4v) is 2.50. The number of para-hydroxylation sites is 2. The highest BCUT2D eigenvalue weighted by atomic mass is 35.5. The third kappa shape index (κ3) is 2.80. The molecule has 2 amide bonds. The van der Waals surface area contributed by atoms with Crippen LogP contribution in [-0.4, -0.2) is 26.3 Å². The molecular formula is C16H15ClN2O3. The van der Waals surface area contributed by atoms with Crippen LogP contribution in [0.15, 0.2) is 42.5 Å². The summed E-state index contributed by atoms with van der Waals surface area (Å²) >= 11 is 6.02. The van der Waals surface area contributed by atoms with Crippen molar-refractivity contribution in [1.29, 1.82) is 0 Å². The fourth-order valence-electron chi connectivity index (χ4n) is 2.33. The molecule has 0 spiro atoms. The van der Waals surface area contributed by atoms with Crippen LogP contribution in [0.3, 0.4) is 0 Å². The van der Waals surface area contributed by atoms with Crippen LogP contribution in [0, 0.1) is 0 Å². The topological polar surface area (TPSA) is 50.8 Å². The van der Waals surface area contributed by atoms with Crippen LogP contribution in [0.25, 0.3) is 0 Å². The van der Waals surface area contributed by atoms with Gasteiger partial charge in [0.05, 0.1) is 25.0 Å². The predicted octanol–water partition coefficient (Wildman–Crippen LogP) is 3.78. The number of methoxy groups -OCH3 is 1. The minimum absolute atomic E-state index is 0.253. The summed E-state index contributed by atoms with van der Waals surface area (Å²) in [7, 11) is 1.56. The Bertz CT molecular complexity index is 706. The molecule has 1 aliphatic heterocycles. The fraction of sp³-hybridized carbons (Fsp3) is 0.188. The molecule has 0 radical (unpaired) electrons. The molecule has 1 N–H and O–H groups in total. The van der Waals surface area contributed by atoms with E-state index in [4.69, 9.17) is 21.1 Å². The summed E-state index contributed by atoms with van der Waals surface area (Å²) in [5.41, 5.74) is 1.27. The molecule has 1 aliphatic rings. The molecule has 114 valence electrons. The largest absolute Gasteiger partial charge is 0.495 e. The Morgan fingerprint density at radius 3 is 2.95 bits per heavy atom. The molecular weight excluding hydrogens is 304 g/mol. The second-order valence-electron chi connectivity index (χ2n) is 4.74.